The van der Waals surface area contributed by atoms with E-state index in [1.165, 1.54) is 4.31 Å². The minimum atomic E-state index is -3.42. The van der Waals surface area contributed by atoms with Crippen molar-refractivity contribution < 1.29 is 13.2 Å². The van der Waals surface area contributed by atoms with Crippen molar-refractivity contribution in [3.63, 3.8) is 0 Å². The van der Waals surface area contributed by atoms with Crippen LogP contribution in [0.25, 0.3) is 0 Å². The maximum absolute atomic E-state index is 12.4. The number of fused-ring (bicyclic) bond motifs is 3. The Morgan fingerprint density at radius 3 is 2.20 bits per heavy atom. The van der Waals surface area contributed by atoms with E-state index in [4.69, 9.17) is 5.73 Å². The molecule has 4 aliphatic rings. The van der Waals surface area contributed by atoms with Crippen molar-refractivity contribution in [3.05, 3.63) is 0 Å². The maximum atomic E-state index is 12.4. The second-order valence-electron chi connectivity index (χ2n) is 8.10. The molecule has 3 aliphatic carbocycles. The van der Waals surface area contributed by atoms with E-state index in [0.29, 0.717) is 6.54 Å². The van der Waals surface area contributed by atoms with Gasteiger partial charge in [-0.25, -0.2) is 0 Å². The highest BCUT2D eigenvalue weighted by Gasteiger charge is 2.50. The zero-order chi connectivity index (χ0) is 18.3. The molecule has 8 nitrogen and oxygen atoms in total. The Bertz CT molecular complexity index is 597. The molecule has 4 N–H and O–H groups in total. The monoisotopic (exact) mass is 373 g/mol. The summed E-state index contributed by atoms with van der Waals surface area (Å²) in [6, 6.07) is 0. The minimum Gasteiger partial charge on any atom is -0.326 e. The molecule has 0 unspecified atom stereocenters. The molecule has 25 heavy (non-hydrogen) atoms. The molecule has 4 rings (SSSR count). The third-order valence-electron chi connectivity index (χ3n) is 6.31. The van der Waals surface area contributed by atoms with Crippen molar-refractivity contribution in [3.8, 4) is 0 Å². The number of hydrogen-bond donors (Lipinski definition) is 3. The molecule has 0 radical (unpaired) electrons. The van der Waals surface area contributed by atoms with E-state index in [0.717, 1.165) is 57.9 Å². The molecular weight excluding hydrogens is 342 g/mol. The van der Waals surface area contributed by atoms with Crippen molar-refractivity contribution in [2.45, 2.75) is 68.6 Å². The van der Waals surface area contributed by atoms with Crippen LogP contribution >= 0.6 is 0 Å². The van der Waals surface area contributed by atoms with Crippen molar-refractivity contribution in [2.24, 2.45) is 5.73 Å². The number of nitrogens with one attached hydrogen (secondary N) is 2. The van der Waals surface area contributed by atoms with Crippen LogP contribution in [0.3, 0.4) is 0 Å². The second kappa shape index (κ2) is 6.77. The van der Waals surface area contributed by atoms with Crippen LogP contribution in [0.4, 0.5) is 0 Å². The quantitative estimate of drug-likeness (QED) is 0.594. The van der Waals surface area contributed by atoms with E-state index >= 15 is 0 Å². The summed E-state index contributed by atoms with van der Waals surface area (Å²) in [6.07, 6.45) is 6.82. The van der Waals surface area contributed by atoms with E-state index in [1.54, 1.807) is 19.0 Å². The Hall–Kier alpha value is -0.740. The van der Waals surface area contributed by atoms with Crippen molar-refractivity contribution in [1.82, 2.24) is 19.2 Å². The van der Waals surface area contributed by atoms with E-state index in [2.05, 4.69) is 10.0 Å². The summed E-state index contributed by atoms with van der Waals surface area (Å²) in [6.45, 7) is 1.08. The third kappa shape index (κ3) is 3.85. The highest BCUT2D eigenvalue weighted by atomic mass is 32.2. The first-order valence-corrected chi connectivity index (χ1v) is 10.6. The Morgan fingerprint density at radius 2 is 1.72 bits per heavy atom. The number of carbonyl (C=O) groups is 1. The van der Waals surface area contributed by atoms with Gasteiger partial charge in [0.2, 0.25) is 5.91 Å². The molecule has 9 heteroatoms. The Morgan fingerprint density at radius 1 is 1.16 bits per heavy atom. The molecule has 0 spiro atoms. The van der Waals surface area contributed by atoms with Gasteiger partial charge in [0.05, 0.1) is 12.7 Å². The second-order valence-corrected chi connectivity index (χ2v) is 9.98. The van der Waals surface area contributed by atoms with Gasteiger partial charge < -0.3 is 16.0 Å². The largest absolute Gasteiger partial charge is 0.326 e. The zero-order valence-electron chi connectivity index (χ0n) is 15.3. The summed E-state index contributed by atoms with van der Waals surface area (Å²) in [5.74, 6) is 0.0788. The number of nitrogens with zero attached hydrogens (tertiary/aromatic N) is 2. The Kier molecular flexibility index (Phi) is 5.15. The molecule has 0 aromatic carbocycles. The molecule has 1 saturated heterocycles. The fraction of sp³-hybridized carbons (Fsp3) is 0.938. The number of nitrogens with two attached hydrogens (primary N) is 1. The van der Waals surface area contributed by atoms with Gasteiger partial charge in [-0.1, -0.05) is 0 Å². The lowest BCUT2D eigenvalue weighted by Crippen LogP contribution is -2.64. The number of likely N-dealkylation sites (tertiary alicyclic amines) is 1. The van der Waals surface area contributed by atoms with Crippen LogP contribution in [0.5, 0.6) is 0 Å². The molecule has 0 aromatic rings. The summed E-state index contributed by atoms with van der Waals surface area (Å²) < 4.78 is 28.5. The molecular formula is C16H31N5O3S. The predicted molar refractivity (Wildman–Crippen MR) is 95.8 cm³/mol. The van der Waals surface area contributed by atoms with E-state index in [1.807, 2.05) is 0 Å². The van der Waals surface area contributed by atoms with E-state index in [-0.39, 0.29) is 23.2 Å². The van der Waals surface area contributed by atoms with Crippen molar-refractivity contribution >= 4 is 16.1 Å². The fourth-order valence-electron chi connectivity index (χ4n) is 4.44. The van der Waals surface area contributed by atoms with Gasteiger partial charge in [-0.3, -0.25) is 4.79 Å². The third-order valence-corrected chi connectivity index (χ3v) is 7.96. The minimum absolute atomic E-state index is 0.0369. The highest BCUT2D eigenvalue weighted by Crippen LogP contribution is 2.47. The molecule has 3 saturated carbocycles. The smallest absolute Gasteiger partial charge is 0.279 e. The van der Waals surface area contributed by atoms with Gasteiger partial charge in [0.1, 0.15) is 0 Å². The van der Waals surface area contributed by atoms with Gasteiger partial charge >= 0.3 is 0 Å². The summed E-state index contributed by atoms with van der Waals surface area (Å²) in [7, 11) is -0.325. The fourth-order valence-corrected chi connectivity index (χ4v) is 5.47. The molecule has 1 amide bonds. The Labute approximate surface area is 150 Å². The molecule has 1 aliphatic heterocycles. The molecule has 1 atom stereocenters. The average Bonchev–Trinajstić information content (AvgIpc) is 3.00. The van der Waals surface area contributed by atoms with Crippen molar-refractivity contribution in [2.75, 3.05) is 27.2 Å². The number of rotatable bonds is 6. The standard InChI is InChI=1S/C16H31N5O3S/c1-20(2)25(23,24)19-16-8-5-15(6-9-16,7-10-16)18-12-14(22)21-11-3-4-13(21)17/h13,18-19H,3-12,17H2,1-2H3/t13-,15?,16?/m0/s1. The van der Waals surface area contributed by atoms with Crippen LogP contribution in [0.2, 0.25) is 0 Å². The van der Waals surface area contributed by atoms with Gasteiger partial charge in [0.15, 0.2) is 0 Å². The SMILES string of the molecule is CN(C)S(=O)(=O)NC12CCC(NCC(=O)N3CCC[C@H]3N)(CC1)CC2. The topological polar surface area (TPSA) is 108 Å². The van der Waals surface area contributed by atoms with Crippen LogP contribution in [0.1, 0.15) is 51.4 Å². The van der Waals surface area contributed by atoms with Gasteiger partial charge in [0.25, 0.3) is 10.2 Å². The lowest BCUT2D eigenvalue weighted by molar-refractivity contribution is -0.131. The van der Waals surface area contributed by atoms with Crippen molar-refractivity contribution in [1.29, 1.82) is 0 Å². The number of amides is 1. The van der Waals surface area contributed by atoms with Crippen LogP contribution < -0.4 is 15.8 Å². The molecule has 1 heterocycles. The molecule has 2 bridgehead atoms. The first-order valence-electron chi connectivity index (χ1n) is 9.19. The molecule has 0 aromatic heterocycles. The predicted octanol–water partition coefficient (Wildman–Crippen LogP) is -0.275. The van der Waals surface area contributed by atoms with E-state index < -0.39 is 10.2 Å². The van der Waals surface area contributed by atoms with Gasteiger partial charge in [0, 0.05) is 31.7 Å². The molecule has 144 valence electrons. The van der Waals surface area contributed by atoms with Crippen LogP contribution in [-0.2, 0) is 15.0 Å². The normalized spacial score (nSPS) is 35.5. The molecule has 4 fully saturated rings. The lowest BCUT2D eigenvalue weighted by atomic mass is 9.62. The average molecular weight is 374 g/mol. The maximum Gasteiger partial charge on any atom is 0.279 e. The number of carbonyl (C=O) groups excluding carboxylic acids is 1. The first kappa shape index (κ1) is 19.0. The first-order chi connectivity index (χ1) is 11.7. The van der Waals surface area contributed by atoms with Gasteiger partial charge in [-0.15, -0.1) is 0 Å². The van der Waals surface area contributed by atoms with Gasteiger partial charge in [-0.05, 0) is 51.4 Å². The summed E-state index contributed by atoms with van der Waals surface area (Å²) >= 11 is 0. The highest BCUT2D eigenvalue weighted by molar-refractivity contribution is 7.87. The van der Waals surface area contributed by atoms with Crippen LogP contribution in [0, 0.1) is 0 Å². The number of hydrogen-bond acceptors (Lipinski definition) is 5. The summed E-state index contributed by atoms with van der Waals surface area (Å²) in [5, 5.41) is 3.49. The zero-order valence-corrected chi connectivity index (χ0v) is 16.1. The lowest BCUT2D eigenvalue weighted by Gasteiger charge is -2.54. The van der Waals surface area contributed by atoms with E-state index in [9.17, 15) is 13.2 Å². The summed E-state index contributed by atoms with van der Waals surface area (Å²) in [4.78, 5) is 14.1. The van der Waals surface area contributed by atoms with Crippen LogP contribution in [-0.4, -0.2) is 68.0 Å². The Balaban J connectivity index is 1.55. The van der Waals surface area contributed by atoms with Gasteiger partial charge in [-0.2, -0.15) is 17.4 Å². The van der Waals surface area contributed by atoms with Crippen LogP contribution in [0.15, 0.2) is 0 Å². The summed E-state index contributed by atoms with van der Waals surface area (Å²) in [5.41, 5.74) is 5.61.